The Morgan fingerprint density at radius 3 is 2.80 bits per heavy atom. The van der Waals surface area contributed by atoms with Crippen molar-refractivity contribution in [1.29, 1.82) is 0 Å². The van der Waals surface area contributed by atoms with Crippen molar-refractivity contribution in [2.24, 2.45) is 5.92 Å². The van der Waals surface area contributed by atoms with Crippen molar-refractivity contribution >= 4 is 17.2 Å². The third kappa shape index (κ3) is 3.73. The first-order valence-electron chi connectivity index (χ1n) is 11.3. The van der Waals surface area contributed by atoms with E-state index in [0.29, 0.717) is 31.1 Å². The van der Waals surface area contributed by atoms with Gasteiger partial charge in [-0.05, 0) is 62.4 Å². The van der Waals surface area contributed by atoms with Crippen molar-refractivity contribution in [2.75, 3.05) is 13.1 Å². The fraction of sp³-hybridized carbons (Fsp3) is 0.609. The van der Waals surface area contributed by atoms with E-state index in [1.165, 1.54) is 43.4 Å². The third-order valence-corrected chi connectivity index (χ3v) is 8.03. The van der Waals surface area contributed by atoms with Crippen LogP contribution >= 0.6 is 11.3 Å². The molecular formula is C23H30N4O2S. The Morgan fingerprint density at radius 1 is 1.20 bits per heavy atom. The highest BCUT2D eigenvalue weighted by Crippen LogP contribution is 2.37. The Bertz CT molecular complexity index is 962. The van der Waals surface area contributed by atoms with Crippen LogP contribution in [0.5, 0.6) is 0 Å². The number of aromatic nitrogens is 2. The minimum Gasteiger partial charge on any atom is -0.333 e. The Balaban J connectivity index is 1.36. The smallest absolute Gasteiger partial charge is 0.264 e. The van der Waals surface area contributed by atoms with Crippen LogP contribution in [0.2, 0.25) is 0 Å². The molecule has 160 valence electrons. The number of H-pyrrole nitrogens is 1. The first kappa shape index (κ1) is 19.9. The average Bonchev–Trinajstić information content (AvgIpc) is 3.46. The Kier molecular flexibility index (Phi) is 5.50. The maximum atomic E-state index is 13.0. The van der Waals surface area contributed by atoms with Crippen LogP contribution in [-0.4, -0.2) is 44.8 Å². The lowest BCUT2D eigenvalue weighted by Gasteiger charge is -2.37. The van der Waals surface area contributed by atoms with Crippen LogP contribution in [0.4, 0.5) is 0 Å². The average molecular weight is 427 g/mol. The lowest BCUT2D eigenvalue weighted by molar-refractivity contribution is 0.0737. The van der Waals surface area contributed by atoms with Gasteiger partial charge in [0.25, 0.3) is 11.5 Å². The molecule has 1 atom stereocenters. The molecular weight excluding hydrogens is 396 g/mol. The van der Waals surface area contributed by atoms with Gasteiger partial charge in [-0.25, -0.2) is 4.98 Å². The number of likely N-dealkylation sites (tertiary alicyclic amines) is 1. The van der Waals surface area contributed by atoms with Crippen molar-refractivity contribution in [1.82, 2.24) is 19.8 Å². The van der Waals surface area contributed by atoms with Gasteiger partial charge >= 0.3 is 0 Å². The number of thiophene rings is 1. The monoisotopic (exact) mass is 426 g/mol. The fourth-order valence-corrected chi connectivity index (χ4v) is 6.12. The molecule has 0 radical (unpaired) electrons. The van der Waals surface area contributed by atoms with Crippen LogP contribution in [0.25, 0.3) is 0 Å². The highest BCUT2D eigenvalue weighted by atomic mass is 32.1. The molecule has 1 aliphatic carbocycles. The van der Waals surface area contributed by atoms with Gasteiger partial charge in [-0.3, -0.25) is 14.5 Å². The lowest BCUT2D eigenvalue weighted by atomic mass is 9.86. The summed E-state index contributed by atoms with van der Waals surface area (Å²) >= 11 is 1.44. The molecule has 3 aliphatic rings. The maximum absolute atomic E-state index is 13.0. The Labute approximate surface area is 181 Å². The molecule has 1 amide bonds. The van der Waals surface area contributed by atoms with Gasteiger partial charge in [0, 0.05) is 19.0 Å². The number of aromatic amines is 1. The second-order valence-electron chi connectivity index (χ2n) is 9.14. The predicted octanol–water partition coefficient (Wildman–Crippen LogP) is 3.75. The molecule has 0 aromatic carbocycles. The van der Waals surface area contributed by atoms with Crippen LogP contribution in [0.15, 0.2) is 22.3 Å². The molecule has 1 saturated carbocycles. The van der Waals surface area contributed by atoms with Gasteiger partial charge in [0.05, 0.1) is 28.7 Å². The van der Waals surface area contributed by atoms with E-state index < -0.39 is 0 Å². The molecule has 4 heterocycles. The summed E-state index contributed by atoms with van der Waals surface area (Å²) in [7, 11) is 0. The number of amides is 1. The minimum atomic E-state index is -0.0669. The fourth-order valence-electron chi connectivity index (χ4n) is 5.43. The number of fused-ring (bicyclic) bond motifs is 1. The van der Waals surface area contributed by atoms with E-state index in [2.05, 4.69) is 16.8 Å². The van der Waals surface area contributed by atoms with Gasteiger partial charge in [-0.15, -0.1) is 11.3 Å². The summed E-state index contributed by atoms with van der Waals surface area (Å²) in [5, 5.41) is 1.91. The van der Waals surface area contributed by atoms with Gasteiger partial charge in [0.1, 0.15) is 5.82 Å². The summed E-state index contributed by atoms with van der Waals surface area (Å²) in [6.45, 7) is 4.43. The largest absolute Gasteiger partial charge is 0.333 e. The van der Waals surface area contributed by atoms with Gasteiger partial charge in [-0.1, -0.05) is 13.0 Å². The van der Waals surface area contributed by atoms with Crippen LogP contribution in [-0.2, 0) is 13.0 Å². The number of hydrogen-bond acceptors (Lipinski definition) is 5. The summed E-state index contributed by atoms with van der Waals surface area (Å²) in [4.78, 5) is 38.8. The molecule has 1 saturated heterocycles. The molecule has 0 bridgehead atoms. The van der Waals surface area contributed by atoms with Crippen molar-refractivity contribution < 1.29 is 4.79 Å². The van der Waals surface area contributed by atoms with E-state index in [1.807, 2.05) is 17.5 Å². The number of carbonyl (C=O) groups is 1. The molecule has 30 heavy (non-hydrogen) atoms. The van der Waals surface area contributed by atoms with Gasteiger partial charge in [0.15, 0.2) is 0 Å². The predicted molar refractivity (Wildman–Crippen MR) is 118 cm³/mol. The first-order chi connectivity index (χ1) is 14.6. The normalized spacial score (nSPS) is 27.2. The third-order valence-electron chi connectivity index (χ3n) is 7.17. The van der Waals surface area contributed by atoms with E-state index in [1.54, 1.807) is 4.90 Å². The topological polar surface area (TPSA) is 69.3 Å². The minimum absolute atomic E-state index is 0.00706. The number of hydrogen-bond donors (Lipinski definition) is 1. The molecule has 0 unspecified atom stereocenters. The molecule has 6 nitrogen and oxygen atoms in total. The highest BCUT2D eigenvalue weighted by molar-refractivity contribution is 7.12. The van der Waals surface area contributed by atoms with E-state index >= 15 is 0 Å². The van der Waals surface area contributed by atoms with Crippen molar-refractivity contribution in [3.8, 4) is 0 Å². The van der Waals surface area contributed by atoms with Gasteiger partial charge in [-0.2, -0.15) is 0 Å². The number of rotatable bonds is 3. The second-order valence-corrected chi connectivity index (χ2v) is 10.1. The van der Waals surface area contributed by atoms with Crippen LogP contribution in [0.1, 0.15) is 78.2 Å². The van der Waals surface area contributed by atoms with Crippen LogP contribution < -0.4 is 5.56 Å². The summed E-state index contributed by atoms with van der Waals surface area (Å²) in [6.07, 6.45) is 8.00. The standard InChI is InChI=1S/C23H30N4O2S/c1-15-6-8-16(9-7-15)27-11-2-4-19(27)21-24-18-10-12-26(14-17(18)22(28)25-21)23(29)20-5-3-13-30-20/h3,5,13,15-16,19H,2,4,6-12,14H2,1H3,(H,24,25,28)/t15?,16?,19-/m0/s1. The summed E-state index contributed by atoms with van der Waals surface area (Å²) < 4.78 is 0. The molecule has 5 rings (SSSR count). The Hall–Kier alpha value is -1.99. The number of nitrogens with zero attached hydrogens (tertiary/aromatic N) is 3. The zero-order valence-electron chi connectivity index (χ0n) is 17.6. The van der Waals surface area contributed by atoms with E-state index in [-0.39, 0.29) is 17.5 Å². The lowest BCUT2D eigenvalue weighted by Crippen LogP contribution is -2.41. The molecule has 2 aromatic rings. The quantitative estimate of drug-likeness (QED) is 0.812. The zero-order valence-corrected chi connectivity index (χ0v) is 18.4. The molecule has 7 heteroatoms. The summed E-state index contributed by atoms with van der Waals surface area (Å²) in [5.74, 6) is 1.68. The van der Waals surface area contributed by atoms with Gasteiger partial charge in [0.2, 0.25) is 0 Å². The second kappa shape index (κ2) is 8.27. The van der Waals surface area contributed by atoms with E-state index in [9.17, 15) is 9.59 Å². The molecule has 0 spiro atoms. The highest BCUT2D eigenvalue weighted by Gasteiger charge is 2.36. The molecule has 1 N–H and O–H groups in total. The maximum Gasteiger partial charge on any atom is 0.264 e. The first-order valence-corrected chi connectivity index (χ1v) is 12.2. The van der Waals surface area contributed by atoms with E-state index in [0.717, 1.165) is 35.3 Å². The summed E-state index contributed by atoms with van der Waals surface area (Å²) in [6, 6.07) is 4.58. The van der Waals surface area contributed by atoms with Crippen LogP contribution in [0, 0.1) is 5.92 Å². The zero-order chi connectivity index (χ0) is 20.7. The molecule has 2 aromatic heterocycles. The Morgan fingerprint density at radius 2 is 2.03 bits per heavy atom. The summed E-state index contributed by atoms with van der Waals surface area (Å²) in [5.41, 5.74) is 1.47. The van der Waals surface area contributed by atoms with Crippen molar-refractivity contribution in [3.63, 3.8) is 0 Å². The molecule has 2 fully saturated rings. The van der Waals surface area contributed by atoms with Crippen molar-refractivity contribution in [2.45, 2.75) is 70.5 Å². The van der Waals surface area contributed by atoms with Crippen LogP contribution in [0.3, 0.4) is 0 Å². The van der Waals surface area contributed by atoms with Crippen molar-refractivity contribution in [3.05, 3.63) is 49.8 Å². The number of nitrogens with one attached hydrogen (secondary N) is 1. The number of carbonyl (C=O) groups excluding carboxylic acids is 1. The molecule has 2 aliphatic heterocycles. The SMILES string of the molecule is CC1CCC(N2CCC[C@H]2c2nc3c(c(=O)[nH]2)CN(C(=O)c2cccs2)CC3)CC1. The van der Waals surface area contributed by atoms with E-state index in [4.69, 9.17) is 4.98 Å². The van der Waals surface area contributed by atoms with Gasteiger partial charge < -0.3 is 9.88 Å².